The molecule has 0 aliphatic carbocycles. The summed E-state index contributed by atoms with van der Waals surface area (Å²) in [5.41, 5.74) is 6.40. The fourth-order valence-electron chi connectivity index (χ4n) is 2.38. The number of likely N-dealkylation sites (tertiary alicyclic amines) is 1. The highest BCUT2D eigenvalue weighted by Gasteiger charge is 2.28. The molecule has 0 spiro atoms. The first-order chi connectivity index (χ1) is 9.22. The van der Waals surface area contributed by atoms with E-state index in [9.17, 15) is 4.79 Å². The van der Waals surface area contributed by atoms with Gasteiger partial charge in [-0.05, 0) is 25.8 Å². The van der Waals surface area contributed by atoms with E-state index in [4.69, 9.17) is 5.73 Å². The van der Waals surface area contributed by atoms with Gasteiger partial charge < -0.3 is 11.1 Å². The molecule has 1 aliphatic heterocycles. The number of nitrogens with zero attached hydrogens (tertiary/aromatic N) is 3. The largest absolute Gasteiger partial charge is 0.374 e. The molecule has 0 bridgehead atoms. The van der Waals surface area contributed by atoms with E-state index >= 15 is 0 Å². The maximum Gasteiger partial charge on any atom is 0.234 e. The van der Waals surface area contributed by atoms with Crippen LogP contribution in [-0.4, -0.2) is 39.5 Å². The van der Waals surface area contributed by atoms with E-state index in [1.54, 1.807) is 0 Å². The quantitative estimate of drug-likeness (QED) is 0.819. The van der Waals surface area contributed by atoms with Crippen molar-refractivity contribution >= 4 is 22.4 Å². The normalized spacial score (nSPS) is 20.4. The second kappa shape index (κ2) is 6.81. The highest BCUT2D eigenvalue weighted by molar-refractivity contribution is 7.10. The molecule has 0 radical (unpaired) electrons. The van der Waals surface area contributed by atoms with Crippen molar-refractivity contribution in [1.82, 2.24) is 14.5 Å². The number of nitrogens with two attached hydrogens (primary N) is 1. The highest BCUT2D eigenvalue weighted by atomic mass is 32.1. The van der Waals surface area contributed by atoms with Crippen LogP contribution in [0.4, 0.5) is 5.00 Å². The third-order valence-electron chi connectivity index (χ3n) is 3.39. The van der Waals surface area contributed by atoms with Gasteiger partial charge >= 0.3 is 0 Å². The Hall–Kier alpha value is -1.21. The zero-order chi connectivity index (χ0) is 13.7. The minimum absolute atomic E-state index is 0.158. The number of piperidine rings is 1. The molecule has 1 saturated heterocycles. The van der Waals surface area contributed by atoms with Gasteiger partial charge in [-0.25, -0.2) is 0 Å². The van der Waals surface area contributed by atoms with Crippen molar-refractivity contribution in [2.45, 2.75) is 45.2 Å². The Morgan fingerprint density at radius 2 is 2.42 bits per heavy atom. The van der Waals surface area contributed by atoms with Crippen LogP contribution in [-0.2, 0) is 11.3 Å². The van der Waals surface area contributed by atoms with E-state index < -0.39 is 0 Å². The molecule has 1 unspecified atom stereocenters. The Kier molecular flexibility index (Phi) is 5.09. The van der Waals surface area contributed by atoms with Gasteiger partial charge in [0.25, 0.3) is 0 Å². The van der Waals surface area contributed by atoms with Crippen LogP contribution in [0, 0.1) is 0 Å². The zero-order valence-corrected chi connectivity index (χ0v) is 12.1. The number of aromatic nitrogens is 2. The van der Waals surface area contributed by atoms with E-state index in [-0.39, 0.29) is 11.9 Å². The summed E-state index contributed by atoms with van der Waals surface area (Å²) in [5, 5.41) is 8.51. The summed E-state index contributed by atoms with van der Waals surface area (Å²) in [6, 6.07) is -0.158. The van der Waals surface area contributed by atoms with E-state index in [0.29, 0.717) is 6.54 Å². The minimum atomic E-state index is -0.231. The number of hydrogen-bond donors (Lipinski definition) is 2. The average molecular weight is 283 g/mol. The second-order valence-corrected chi connectivity index (χ2v) is 5.61. The predicted molar refractivity (Wildman–Crippen MR) is 75.9 cm³/mol. The smallest absolute Gasteiger partial charge is 0.234 e. The summed E-state index contributed by atoms with van der Waals surface area (Å²) in [6.45, 7) is 4.58. The van der Waals surface area contributed by atoms with E-state index in [1.807, 2.05) is 0 Å². The monoisotopic (exact) mass is 283 g/mol. The molecule has 1 aromatic rings. The lowest BCUT2D eigenvalue weighted by Crippen LogP contribution is -2.47. The Morgan fingerprint density at radius 1 is 1.58 bits per heavy atom. The van der Waals surface area contributed by atoms with E-state index in [2.05, 4.69) is 26.7 Å². The molecule has 1 fully saturated rings. The standard InChI is InChI=1S/C12H21N5OS/c1-2-6-14-12-9(15-16-19-12)8-17-7-4-3-5-10(17)11(13)18/h10,14H,2-8H2,1H3,(H2,13,18). The number of anilines is 1. The number of hydrogen-bond acceptors (Lipinski definition) is 6. The van der Waals surface area contributed by atoms with Crippen LogP contribution in [0.3, 0.4) is 0 Å². The number of rotatable bonds is 6. The molecule has 1 atom stereocenters. The van der Waals surface area contributed by atoms with Crippen LogP contribution >= 0.6 is 11.5 Å². The van der Waals surface area contributed by atoms with E-state index in [0.717, 1.165) is 49.5 Å². The van der Waals surface area contributed by atoms with Crippen molar-refractivity contribution < 1.29 is 4.79 Å². The molecule has 7 heteroatoms. The molecular weight excluding hydrogens is 262 g/mol. The lowest BCUT2D eigenvalue weighted by Gasteiger charge is -2.33. The Bertz CT molecular complexity index is 422. The molecule has 0 saturated carbocycles. The molecule has 0 aromatic carbocycles. The van der Waals surface area contributed by atoms with Crippen LogP contribution in [0.25, 0.3) is 0 Å². The van der Waals surface area contributed by atoms with Gasteiger partial charge in [0.2, 0.25) is 5.91 Å². The molecule has 19 heavy (non-hydrogen) atoms. The number of carbonyl (C=O) groups is 1. The summed E-state index contributed by atoms with van der Waals surface area (Å²) in [4.78, 5) is 13.6. The molecule has 106 valence electrons. The van der Waals surface area contributed by atoms with Crippen molar-refractivity contribution in [3.05, 3.63) is 5.69 Å². The zero-order valence-electron chi connectivity index (χ0n) is 11.3. The van der Waals surface area contributed by atoms with Gasteiger partial charge in [0, 0.05) is 24.6 Å². The summed E-state index contributed by atoms with van der Waals surface area (Å²) >= 11 is 1.37. The molecule has 3 N–H and O–H groups in total. The predicted octanol–water partition coefficient (Wildman–Crippen LogP) is 1.20. The Labute approximate surface area is 117 Å². The summed E-state index contributed by atoms with van der Waals surface area (Å²) < 4.78 is 4.00. The summed E-state index contributed by atoms with van der Waals surface area (Å²) in [7, 11) is 0. The molecular formula is C12H21N5OS. The first kappa shape index (κ1) is 14.2. The van der Waals surface area contributed by atoms with Gasteiger partial charge in [0.05, 0.1) is 6.04 Å². The first-order valence-corrected chi connectivity index (χ1v) is 7.58. The van der Waals surface area contributed by atoms with Crippen molar-refractivity contribution in [2.24, 2.45) is 5.73 Å². The third-order valence-corrected chi connectivity index (χ3v) is 4.11. The topological polar surface area (TPSA) is 84.1 Å². The summed E-state index contributed by atoms with van der Waals surface area (Å²) in [5.74, 6) is -0.231. The molecule has 6 nitrogen and oxygen atoms in total. The van der Waals surface area contributed by atoms with E-state index in [1.165, 1.54) is 11.5 Å². The number of nitrogens with one attached hydrogen (secondary N) is 1. The van der Waals surface area contributed by atoms with Crippen LogP contribution in [0.1, 0.15) is 38.3 Å². The van der Waals surface area contributed by atoms with Gasteiger partial charge in [-0.2, -0.15) is 0 Å². The molecule has 1 aromatic heterocycles. The van der Waals surface area contributed by atoms with Gasteiger partial charge in [0.1, 0.15) is 10.7 Å². The van der Waals surface area contributed by atoms with Crippen LogP contribution in [0.15, 0.2) is 0 Å². The van der Waals surface area contributed by atoms with Crippen molar-refractivity contribution in [2.75, 3.05) is 18.4 Å². The molecule has 1 aliphatic rings. The van der Waals surface area contributed by atoms with Gasteiger partial charge in [0.15, 0.2) is 0 Å². The molecule has 2 heterocycles. The fraction of sp³-hybridized carbons (Fsp3) is 0.750. The third kappa shape index (κ3) is 3.63. The maximum absolute atomic E-state index is 11.5. The fourth-order valence-corrected chi connectivity index (χ4v) is 2.98. The van der Waals surface area contributed by atoms with Gasteiger partial charge in [-0.1, -0.05) is 17.8 Å². The maximum atomic E-state index is 11.5. The summed E-state index contributed by atoms with van der Waals surface area (Å²) in [6.07, 6.45) is 4.09. The van der Waals surface area contributed by atoms with Crippen LogP contribution in [0.2, 0.25) is 0 Å². The average Bonchev–Trinajstić information content (AvgIpc) is 2.84. The molecule has 1 amide bonds. The minimum Gasteiger partial charge on any atom is -0.374 e. The number of amides is 1. The Morgan fingerprint density at radius 3 is 3.16 bits per heavy atom. The van der Waals surface area contributed by atoms with Crippen LogP contribution < -0.4 is 11.1 Å². The second-order valence-electron chi connectivity index (χ2n) is 4.86. The number of carbonyl (C=O) groups excluding carboxylic acids is 1. The molecule has 2 rings (SSSR count). The first-order valence-electron chi connectivity index (χ1n) is 6.80. The highest BCUT2D eigenvalue weighted by Crippen LogP contribution is 2.24. The lowest BCUT2D eigenvalue weighted by molar-refractivity contribution is -0.124. The lowest BCUT2D eigenvalue weighted by atomic mass is 10.0. The van der Waals surface area contributed by atoms with Gasteiger partial charge in [-0.3, -0.25) is 9.69 Å². The van der Waals surface area contributed by atoms with Crippen molar-refractivity contribution in [3.63, 3.8) is 0 Å². The number of primary amides is 1. The van der Waals surface area contributed by atoms with Gasteiger partial charge in [-0.15, -0.1) is 5.10 Å². The Balaban J connectivity index is 2.02. The van der Waals surface area contributed by atoms with Crippen LogP contribution in [0.5, 0.6) is 0 Å². The van der Waals surface area contributed by atoms with Crippen molar-refractivity contribution in [1.29, 1.82) is 0 Å². The van der Waals surface area contributed by atoms with Crippen molar-refractivity contribution in [3.8, 4) is 0 Å². The SMILES string of the molecule is CCCNc1snnc1CN1CCCCC1C(N)=O.